The Morgan fingerprint density at radius 2 is 1.86 bits per heavy atom. The van der Waals surface area contributed by atoms with Crippen LogP contribution in [0.4, 0.5) is 0 Å². The Kier molecular flexibility index (Phi) is 5.46. The molecule has 0 fully saturated rings. The number of ether oxygens (including phenoxy) is 1. The van der Waals surface area contributed by atoms with Crippen molar-refractivity contribution < 1.29 is 34.8 Å². The van der Waals surface area contributed by atoms with Gasteiger partial charge in [-0.05, 0) is 0 Å². The lowest BCUT2D eigenvalue weighted by atomic mass is 10.4. The van der Waals surface area contributed by atoms with Crippen molar-refractivity contribution in [3.8, 4) is 0 Å². The summed E-state index contributed by atoms with van der Waals surface area (Å²) in [7, 11) is 0. The van der Waals surface area contributed by atoms with Gasteiger partial charge in [-0.25, -0.2) is 9.59 Å². The van der Waals surface area contributed by atoms with Crippen molar-refractivity contribution in [2.75, 3.05) is 6.61 Å². The molecule has 0 bridgehead atoms. The number of carbonyl (C=O) groups excluding carboxylic acids is 1. The zero-order valence-corrected chi connectivity index (χ0v) is 7.03. The van der Waals surface area contributed by atoms with Gasteiger partial charge in [0, 0.05) is 12.2 Å². The summed E-state index contributed by atoms with van der Waals surface area (Å²) in [5.74, 6) is -2.48. The van der Waals surface area contributed by atoms with E-state index < -0.39 is 30.9 Å². The quantitative estimate of drug-likeness (QED) is 0.229. The lowest BCUT2D eigenvalue weighted by molar-refractivity contribution is -0.185. The van der Waals surface area contributed by atoms with Crippen LogP contribution >= 0.6 is 0 Å². The molecule has 0 aromatic rings. The molecule has 0 aliphatic heterocycles. The summed E-state index contributed by atoms with van der Waals surface area (Å²) in [6, 6.07) is 0. The molecule has 0 spiro atoms. The summed E-state index contributed by atoms with van der Waals surface area (Å²) >= 11 is 0. The normalized spacial score (nSPS) is 15.1. The summed E-state index contributed by atoms with van der Waals surface area (Å²) in [6.07, 6.45) is -2.42. The number of hydrogen-bond acceptors (Lipinski definition) is 6. The van der Waals surface area contributed by atoms with Gasteiger partial charge < -0.3 is 25.2 Å². The predicted octanol–water partition coefficient (Wildman–Crippen LogP) is -2.16. The first-order valence-corrected chi connectivity index (χ1v) is 3.56. The van der Waals surface area contributed by atoms with Gasteiger partial charge in [-0.2, -0.15) is 0 Å². The van der Waals surface area contributed by atoms with Crippen LogP contribution in [0.5, 0.6) is 0 Å². The van der Waals surface area contributed by atoms with Crippen LogP contribution in [-0.2, 0) is 14.3 Å². The van der Waals surface area contributed by atoms with Crippen molar-refractivity contribution in [3.05, 3.63) is 12.2 Å². The largest absolute Gasteiger partial charge is 0.478 e. The van der Waals surface area contributed by atoms with Gasteiger partial charge in [0.25, 0.3) is 0 Å². The Morgan fingerprint density at radius 1 is 1.29 bits per heavy atom. The number of aliphatic hydroxyl groups is 3. The second kappa shape index (κ2) is 6.08. The van der Waals surface area contributed by atoms with Gasteiger partial charge in [-0.3, -0.25) is 0 Å². The molecule has 0 aliphatic carbocycles. The third-order valence-electron chi connectivity index (χ3n) is 1.12. The van der Waals surface area contributed by atoms with E-state index in [0.717, 1.165) is 0 Å². The topological polar surface area (TPSA) is 124 Å². The van der Waals surface area contributed by atoms with Crippen LogP contribution in [0.15, 0.2) is 12.2 Å². The highest BCUT2D eigenvalue weighted by atomic mass is 16.6. The second-order valence-electron chi connectivity index (χ2n) is 2.25. The van der Waals surface area contributed by atoms with Gasteiger partial charge in [-0.1, -0.05) is 0 Å². The van der Waals surface area contributed by atoms with Crippen LogP contribution in [0.25, 0.3) is 0 Å². The molecule has 0 amide bonds. The van der Waals surface area contributed by atoms with E-state index in [1.165, 1.54) is 0 Å². The highest BCUT2D eigenvalue weighted by molar-refractivity contribution is 5.90. The molecule has 7 nitrogen and oxygen atoms in total. The van der Waals surface area contributed by atoms with Crippen LogP contribution in [0.2, 0.25) is 0 Å². The van der Waals surface area contributed by atoms with Crippen molar-refractivity contribution in [3.63, 3.8) is 0 Å². The Balaban J connectivity index is 4.00. The average Bonchev–Trinajstić information content (AvgIpc) is 2.13. The molecule has 7 heteroatoms. The van der Waals surface area contributed by atoms with Crippen LogP contribution in [0.1, 0.15) is 0 Å². The van der Waals surface area contributed by atoms with Crippen LogP contribution < -0.4 is 0 Å². The molecule has 0 aliphatic rings. The molecule has 0 aromatic carbocycles. The highest BCUT2D eigenvalue weighted by Crippen LogP contribution is 1.96. The molecule has 0 aromatic heterocycles. The molecule has 0 heterocycles. The van der Waals surface area contributed by atoms with Gasteiger partial charge in [-0.15, -0.1) is 0 Å². The molecule has 4 N–H and O–H groups in total. The minimum Gasteiger partial charge on any atom is -0.478 e. The molecule has 0 saturated heterocycles. The van der Waals surface area contributed by atoms with Gasteiger partial charge in [0.2, 0.25) is 6.29 Å². The van der Waals surface area contributed by atoms with Crippen molar-refractivity contribution in [1.29, 1.82) is 0 Å². The summed E-state index contributed by atoms with van der Waals surface area (Å²) < 4.78 is 4.11. The average molecular weight is 206 g/mol. The Bertz CT molecular complexity index is 234. The molecule has 2 atom stereocenters. The fraction of sp³-hybridized carbons (Fsp3) is 0.429. The number of rotatable bonds is 5. The molecule has 0 rings (SSSR count). The van der Waals surface area contributed by atoms with Crippen molar-refractivity contribution in [2.45, 2.75) is 12.4 Å². The standard InChI is InChI=1S/C7H10O7/c8-3-4(9)7(13)14-6(12)2-1-5(10)11/h1-2,4,7-9,13H,3H2,(H,10,11)/b2-1-. The summed E-state index contributed by atoms with van der Waals surface area (Å²) in [6.45, 7) is -0.781. The van der Waals surface area contributed by atoms with Crippen LogP contribution in [0.3, 0.4) is 0 Å². The first-order valence-electron chi connectivity index (χ1n) is 3.56. The Labute approximate surface area is 78.9 Å². The molecule has 0 radical (unpaired) electrons. The molecule has 14 heavy (non-hydrogen) atoms. The van der Waals surface area contributed by atoms with Crippen molar-refractivity contribution in [1.82, 2.24) is 0 Å². The smallest absolute Gasteiger partial charge is 0.333 e. The maximum atomic E-state index is 10.7. The second-order valence-corrected chi connectivity index (χ2v) is 2.25. The summed E-state index contributed by atoms with van der Waals surface area (Å²) in [4.78, 5) is 20.6. The fourth-order valence-electron chi connectivity index (χ4n) is 0.466. The molecular weight excluding hydrogens is 196 g/mol. The minimum absolute atomic E-state index is 0.514. The monoisotopic (exact) mass is 206 g/mol. The third-order valence-corrected chi connectivity index (χ3v) is 1.12. The molecular formula is C7H10O7. The third kappa shape index (κ3) is 5.25. The number of esters is 1. The van der Waals surface area contributed by atoms with Crippen molar-refractivity contribution in [2.24, 2.45) is 0 Å². The number of carboxylic acids is 1. The Hall–Kier alpha value is -1.44. The first-order chi connectivity index (χ1) is 6.47. The lowest BCUT2D eigenvalue weighted by Crippen LogP contribution is -2.33. The van der Waals surface area contributed by atoms with E-state index in [-0.39, 0.29) is 0 Å². The number of carbonyl (C=O) groups is 2. The number of hydrogen-bond donors (Lipinski definition) is 4. The van der Waals surface area contributed by atoms with Gasteiger partial charge in [0.15, 0.2) is 0 Å². The van der Waals surface area contributed by atoms with E-state index in [9.17, 15) is 9.59 Å². The van der Waals surface area contributed by atoms with E-state index in [2.05, 4.69) is 4.74 Å². The van der Waals surface area contributed by atoms with Crippen LogP contribution in [-0.4, -0.2) is 51.4 Å². The number of carboxylic acid groups (broad SMARTS) is 1. The molecule has 2 unspecified atom stereocenters. The zero-order valence-electron chi connectivity index (χ0n) is 7.03. The first kappa shape index (κ1) is 12.6. The fourth-order valence-corrected chi connectivity index (χ4v) is 0.466. The predicted molar refractivity (Wildman–Crippen MR) is 42.0 cm³/mol. The summed E-state index contributed by atoms with van der Waals surface area (Å²) in [5, 5.41) is 34.0. The minimum atomic E-state index is -1.88. The van der Waals surface area contributed by atoms with Gasteiger partial charge in [0.1, 0.15) is 6.10 Å². The molecule has 0 saturated carbocycles. The maximum absolute atomic E-state index is 10.7. The molecule has 80 valence electrons. The van der Waals surface area contributed by atoms with Gasteiger partial charge >= 0.3 is 11.9 Å². The van der Waals surface area contributed by atoms with E-state index in [4.69, 9.17) is 20.4 Å². The van der Waals surface area contributed by atoms with Gasteiger partial charge in [0.05, 0.1) is 6.61 Å². The van der Waals surface area contributed by atoms with E-state index in [1.807, 2.05) is 0 Å². The van der Waals surface area contributed by atoms with Crippen molar-refractivity contribution >= 4 is 11.9 Å². The number of aliphatic carboxylic acids is 1. The lowest BCUT2D eigenvalue weighted by Gasteiger charge is -2.14. The highest BCUT2D eigenvalue weighted by Gasteiger charge is 2.18. The summed E-state index contributed by atoms with van der Waals surface area (Å²) in [5.41, 5.74) is 0. The zero-order chi connectivity index (χ0) is 11.1. The maximum Gasteiger partial charge on any atom is 0.333 e. The number of aliphatic hydroxyl groups excluding tert-OH is 3. The van der Waals surface area contributed by atoms with E-state index in [0.29, 0.717) is 12.2 Å². The Morgan fingerprint density at radius 3 is 2.29 bits per heavy atom. The van der Waals surface area contributed by atoms with Crippen LogP contribution in [0, 0.1) is 0 Å². The van der Waals surface area contributed by atoms with E-state index >= 15 is 0 Å². The SMILES string of the molecule is O=C(O)/C=C\C(=O)OC(O)C(O)CO. The van der Waals surface area contributed by atoms with E-state index in [1.54, 1.807) is 0 Å².